The van der Waals surface area contributed by atoms with Crippen LogP contribution < -0.4 is 5.73 Å². The second-order valence-corrected chi connectivity index (χ2v) is 7.76. The van der Waals surface area contributed by atoms with E-state index >= 15 is 0 Å². The topological polar surface area (TPSA) is 61.8 Å². The van der Waals surface area contributed by atoms with Crippen molar-refractivity contribution < 1.29 is 4.20 Å². The van der Waals surface area contributed by atoms with Crippen LogP contribution in [0.2, 0.25) is 0 Å². The number of hydrogen-bond donors (Lipinski definition) is 2. The van der Waals surface area contributed by atoms with Gasteiger partial charge in [-0.15, -0.1) is 0 Å². The SMILES string of the molecule is CCCCCCCCCCCCc1ccc(CN2CCCN=C2N)cc1.OBr. The average Bonchev–Trinajstić information content (AvgIpc) is 2.74. The number of halogens is 1. The molecule has 1 heterocycles. The van der Waals surface area contributed by atoms with Gasteiger partial charge in [0.15, 0.2) is 5.96 Å². The molecule has 3 N–H and O–H groups in total. The van der Waals surface area contributed by atoms with Crippen molar-refractivity contribution in [1.29, 1.82) is 0 Å². The zero-order chi connectivity index (χ0) is 20.5. The zero-order valence-electron chi connectivity index (χ0n) is 17.7. The van der Waals surface area contributed by atoms with Gasteiger partial charge in [0.1, 0.15) is 0 Å². The second-order valence-electron chi connectivity index (χ2n) is 7.76. The largest absolute Gasteiger partial charge is 0.370 e. The highest BCUT2D eigenvalue weighted by atomic mass is 79.9. The van der Waals surface area contributed by atoms with Crippen LogP contribution in [0.4, 0.5) is 0 Å². The number of unbranched alkanes of at least 4 members (excludes halogenated alkanes) is 9. The standard InChI is InChI=1S/C23H39N3.BrHO/c1-2-3-4-5-6-7-8-9-10-11-13-21-14-16-22(17-15-21)20-26-19-12-18-25-23(26)24;1-2/h14-17H,2-13,18-20H2,1H3,(H2,24,25);2H. The number of guanidine groups is 1. The number of nitrogens with zero attached hydrogens (tertiary/aromatic N) is 2. The molecule has 0 unspecified atom stereocenters. The normalized spacial score (nSPS) is 13.7. The van der Waals surface area contributed by atoms with Crippen molar-refractivity contribution >= 4 is 22.2 Å². The number of nitrogens with two attached hydrogens (primary N) is 1. The number of benzene rings is 1. The molecule has 0 saturated heterocycles. The van der Waals surface area contributed by atoms with Gasteiger partial charge in [-0.25, -0.2) is 0 Å². The summed E-state index contributed by atoms with van der Waals surface area (Å²) in [6, 6.07) is 9.10. The fourth-order valence-corrected chi connectivity index (χ4v) is 3.68. The number of hydrogen-bond acceptors (Lipinski definition) is 4. The first-order valence-corrected chi connectivity index (χ1v) is 11.8. The molecular formula is C23H40BrN3O. The van der Waals surface area contributed by atoms with Gasteiger partial charge >= 0.3 is 0 Å². The van der Waals surface area contributed by atoms with E-state index in [2.05, 4.69) is 41.1 Å². The van der Waals surface area contributed by atoms with Gasteiger partial charge in [0.25, 0.3) is 0 Å². The van der Waals surface area contributed by atoms with Gasteiger partial charge in [0, 0.05) is 19.6 Å². The Hall–Kier alpha value is -1.07. The quantitative estimate of drug-likeness (QED) is 0.362. The summed E-state index contributed by atoms with van der Waals surface area (Å²) in [5.41, 5.74) is 8.78. The van der Waals surface area contributed by atoms with E-state index < -0.39 is 0 Å². The van der Waals surface area contributed by atoms with Crippen LogP contribution in [-0.4, -0.2) is 28.1 Å². The molecule has 0 amide bonds. The Labute approximate surface area is 181 Å². The molecule has 0 bridgehead atoms. The van der Waals surface area contributed by atoms with E-state index in [-0.39, 0.29) is 0 Å². The molecule has 0 spiro atoms. The van der Waals surface area contributed by atoms with Crippen LogP contribution in [0.1, 0.15) is 88.7 Å². The van der Waals surface area contributed by atoms with Gasteiger partial charge in [-0.05, 0) is 30.4 Å². The van der Waals surface area contributed by atoms with Gasteiger partial charge in [0.2, 0.25) is 0 Å². The van der Waals surface area contributed by atoms with Crippen molar-refractivity contribution in [1.82, 2.24) is 4.90 Å². The van der Waals surface area contributed by atoms with Crippen LogP contribution >= 0.6 is 16.3 Å². The lowest BCUT2D eigenvalue weighted by Crippen LogP contribution is -2.40. The van der Waals surface area contributed by atoms with E-state index in [0.29, 0.717) is 5.96 Å². The van der Waals surface area contributed by atoms with E-state index in [1.54, 1.807) is 0 Å². The molecule has 1 aromatic carbocycles. The Balaban J connectivity index is 0.00000190. The van der Waals surface area contributed by atoms with Crippen molar-refractivity contribution in [2.24, 2.45) is 10.7 Å². The molecule has 0 aliphatic carbocycles. The van der Waals surface area contributed by atoms with Gasteiger partial charge in [-0.3, -0.25) is 4.99 Å². The zero-order valence-corrected chi connectivity index (χ0v) is 19.3. The van der Waals surface area contributed by atoms with Crippen LogP contribution in [-0.2, 0) is 13.0 Å². The number of aliphatic imine (C=N–C) groups is 1. The number of aryl methyl sites for hydroxylation is 1. The van der Waals surface area contributed by atoms with Crippen molar-refractivity contribution in [3.63, 3.8) is 0 Å². The predicted octanol–water partition coefficient (Wildman–Crippen LogP) is 5.96. The minimum Gasteiger partial charge on any atom is -0.370 e. The van der Waals surface area contributed by atoms with Crippen molar-refractivity contribution in [3.8, 4) is 0 Å². The Bertz CT molecular complexity index is 519. The van der Waals surface area contributed by atoms with Gasteiger partial charge < -0.3 is 14.8 Å². The van der Waals surface area contributed by atoms with Crippen molar-refractivity contribution in [2.75, 3.05) is 13.1 Å². The summed E-state index contributed by atoms with van der Waals surface area (Å²) in [6.07, 6.45) is 16.3. The average molecular weight is 454 g/mol. The van der Waals surface area contributed by atoms with Crippen molar-refractivity contribution in [2.45, 2.75) is 90.5 Å². The Morgan fingerprint density at radius 2 is 1.43 bits per heavy atom. The monoisotopic (exact) mass is 453 g/mol. The van der Waals surface area contributed by atoms with Crippen LogP contribution in [0.5, 0.6) is 0 Å². The molecule has 5 heteroatoms. The summed E-state index contributed by atoms with van der Waals surface area (Å²) in [6.45, 7) is 5.07. The first kappa shape index (κ1) is 25.0. The second kappa shape index (κ2) is 16.8. The minimum atomic E-state index is 0.700. The van der Waals surface area contributed by atoms with Crippen LogP contribution in [0, 0.1) is 0 Å². The molecule has 160 valence electrons. The molecule has 0 aromatic heterocycles. The van der Waals surface area contributed by atoms with E-state index in [4.69, 9.17) is 9.93 Å². The van der Waals surface area contributed by atoms with Crippen molar-refractivity contribution in [3.05, 3.63) is 35.4 Å². The lowest BCUT2D eigenvalue weighted by Gasteiger charge is -2.26. The molecule has 0 atom stereocenters. The third-order valence-corrected chi connectivity index (χ3v) is 5.40. The van der Waals surface area contributed by atoms with E-state index in [1.165, 1.54) is 81.8 Å². The summed E-state index contributed by atoms with van der Waals surface area (Å²) < 4.78 is 6.81. The molecule has 1 aliphatic heterocycles. The highest BCUT2D eigenvalue weighted by Crippen LogP contribution is 2.14. The molecule has 1 aliphatic rings. The molecular weight excluding hydrogens is 414 g/mol. The Morgan fingerprint density at radius 1 is 0.893 bits per heavy atom. The highest BCUT2D eigenvalue weighted by molar-refractivity contribution is 9.05. The summed E-state index contributed by atoms with van der Waals surface area (Å²) in [5.74, 6) is 0.700. The van der Waals surface area contributed by atoms with Gasteiger partial charge in [-0.1, -0.05) is 89.0 Å². The maximum absolute atomic E-state index is 6.81. The maximum atomic E-state index is 6.81. The summed E-state index contributed by atoms with van der Waals surface area (Å²) in [7, 11) is 0. The van der Waals surface area contributed by atoms with Crippen LogP contribution in [0.3, 0.4) is 0 Å². The predicted molar refractivity (Wildman–Crippen MR) is 125 cm³/mol. The molecule has 0 saturated carbocycles. The third-order valence-electron chi connectivity index (χ3n) is 5.40. The highest BCUT2D eigenvalue weighted by Gasteiger charge is 2.12. The van der Waals surface area contributed by atoms with E-state index in [0.717, 1.165) is 26.1 Å². The first-order chi connectivity index (χ1) is 13.8. The number of rotatable bonds is 13. The third kappa shape index (κ3) is 11.1. The Kier molecular flexibility index (Phi) is 15.0. The lowest BCUT2D eigenvalue weighted by atomic mass is 10.0. The fraction of sp³-hybridized carbons (Fsp3) is 0.696. The van der Waals surface area contributed by atoms with Gasteiger partial charge in [-0.2, -0.15) is 0 Å². The molecule has 0 radical (unpaired) electrons. The summed E-state index contributed by atoms with van der Waals surface area (Å²) >= 11 is 1.94. The summed E-state index contributed by atoms with van der Waals surface area (Å²) in [5, 5.41) is 0. The smallest absolute Gasteiger partial charge is 0.191 e. The van der Waals surface area contributed by atoms with E-state index in [1.807, 2.05) is 16.3 Å². The first-order valence-electron chi connectivity index (χ1n) is 11.1. The van der Waals surface area contributed by atoms with Gasteiger partial charge in [0.05, 0.1) is 16.3 Å². The molecule has 2 rings (SSSR count). The lowest BCUT2D eigenvalue weighted by molar-refractivity contribution is 0.383. The molecule has 28 heavy (non-hydrogen) atoms. The van der Waals surface area contributed by atoms with Crippen LogP contribution in [0.15, 0.2) is 29.3 Å². The maximum Gasteiger partial charge on any atom is 0.191 e. The van der Waals surface area contributed by atoms with Crippen LogP contribution in [0.25, 0.3) is 0 Å². The molecule has 1 aromatic rings. The Morgan fingerprint density at radius 3 is 2.00 bits per heavy atom. The fourth-order valence-electron chi connectivity index (χ4n) is 3.68. The molecule has 4 nitrogen and oxygen atoms in total. The van der Waals surface area contributed by atoms with E-state index in [9.17, 15) is 0 Å². The summed E-state index contributed by atoms with van der Waals surface area (Å²) in [4.78, 5) is 6.52. The minimum absolute atomic E-state index is 0.700. The molecule has 0 fully saturated rings.